The molecule has 5 rings (SSSR count). The fraction of sp³-hybridized carbons (Fsp3) is 0.0833. The number of benzene rings is 3. The van der Waals surface area contributed by atoms with E-state index in [0.717, 1.165) is 16.0 Å². The van der Waals surface area contributed by atoms with Crippen molar-refractivity contribution in [3.63, 3.8) is 0 Å². The molecule has 0 spiro atoms. The van der Waals surface area contributed by atoms with Crippen LogP contribution in [0.3, 0.4) is 0 Å². The number of H-pyrrole nitrogens is 1. The SMILES string of the molecule is CCn1c(=O)c(=O)[nH]c2cc(C(=O)Nc3nc4ccc(Oc5ccccc5)cc4s3)ccc21. The summed E-state index contributed by atoms with van der Waals surface area (Å²) in [5.74, 6) is 1.04. The van der Waals surface area contributed by atoms with Crippen molar-refractivity contribution in [1.82, 2.24) is 14.5 Å². The molecule has 5 aromatic rings. The lowest BCUT2D eigenvalue weighted by Gasteiger charge is -2.08. The number of thiazole rings is 1. The first-order valence-electron chi connectivity index (χ1n) is 10.2. The highest BCUT2D eigenvalue weighted by atomic mass is 32.1. The molecule has 2 heterocycles. The molecule has 2 N–H and O–H groups in total. The number of hydrogen-bond acceptors (Lipinski definition) is 6. The summed E-state index contributed by atoms with van der Waals surface area (Å²) in [6.45, 7) is 2.14. The van der Waals surface area contributed by atoms with Crippen molar-refractivity contribution in [3.8, 4) is 11.5 Å². The molecule has 0 bridgehead atoms. The molecular formula is C24H18N4O4S. The van der Waals surface area contributed by atoms with Gasteiger partial charge in [-0.3, -0.25) is 19.7 Å². The Hall–Kier alpha value is -4.24. The van der Waals surface area contributed by atoms with Crippen LogP contribution in [0.2, 0.25) is 0 Å². The first-order valence-corrected chi connectivity index (χ1v) is 11.0. The van der Waals surface area contributed by atoms with Gasteiger partial charge in [-0.1, -0.05) is 29.5 Å². The maximum absolute atomic E-state index is 12.8. The molecule has 0 atom stereocenters. The zero-order valence-electron chi connectivity index (χ0n) is 17.5. The van der Waals surface area contributed by atoms with Gasteiger partial charge in [-0.05, 0) is 49.4 Å². The van der Waals surface area contributed by atoms with Crippen molar-refractivity contribution in [1.29, 1.82) is 0 Å². The van der Waals surface area contributed by atoms with E-state index in [9.17, 15) is 14.4 Å². The van der Waals surface area contributed by atoms with Gasteiger partial charge in [-0.25, -0.2) is 4.98 Å². The van der Waals surface area contributed by atoms with Crippen LogP contribution in [0, 0.1) is 0 Å². The fourth-order valence-electron chi connectivity index (χ4n) is 3.55. The summed E-state index contributed by atoms with van der Waals surface area (Å²) < 4.78 is 8.10. The van der Waals surface area contributed by atoms with Crippen LogP contribution in [0.1, 0.15) is 17.3 Å². The molecule has 1 amide bonds. The molecule has 33 heavy (non-hydrogen) atoms. The monoisotopic (exact) mass is 458 g/mol. The Morgan fingerprint density at radius 3 is 2.67 bits per heavy atom. The van der Waals surface area contributed by atoms with Crippen LogP contribution in [0.15, 0.2) is 76.3 Å². The van der Waals surface area contributed by atoms with Gasteiger partial charge in [0.15, 0.2) is 5.13 Å². The number of rotatable bonds is 5. The molecule has 0 aliphatic rings. The molecule has 0 radical (unpaired) electrons. The number of ether oxygens (including phenoxy) is 1. The van der Waals surface area contributed by atoms with Crippen LogP contribution >= 0.6 is 11.3 Å². The highest BCUT2D eigenvalue weighted by Crippen LogP contribution is 2.31. The average molecular weight is 458 g/mol. The first kappa shape index (κ1) is 20.7. The number of aryl methyl sites for hydroxylation is 1. The topological polar surface area (TPSA) is 106 Å². The summed E-state index contributed by atoms with van der Waals surface area (Å²) in [5.41, 5.74) is 0.719. The van der Waals surface area contributed by atoms with Crippen LogP contribution in [0.5, 0.6) is 11.5 Å². The molecule has 2 aromatic heterocycles. The molecule has 8 nitrogen and oxygen atoms in total. The van der Waals surface area contributed by atoms with Gasteiger partial charge < -0.3 is 14.3 Å². The number of anilines is 1. The van der Waals surface area contributed by atoms with Crippen LogP contribution < -0.4 is 21.2 Å². The van der Waals surface area contributed by atoms with Gasteiger partial charge in [0.2, 0.25) is 0 Å². The molecule has 9 heteroatoms. The Morgan fingerprint density at radius 2 is 1.88 bits per heavy atom. The van der Waals surface area contributed by atoms with E-state index in [-0.39, 0.29) is 5.91 Å². The normalized spacial score (nSPS) is 11.1. The molecule has 0 unspecified atom stereocenters. The lowest BCUT2D eigenvalue weighted by atomic mass is 10.1. The average Bonchev–Trinajstić information content (AvgIpc) is 3.22. The third-order valence-electron chi connectivity index (χ3n) is 5.11. The minimum atomic E-state index is -0.721. The van der Waals surface area contributed by atoms with Gasteiger partial charge in [0.1, 0.15) is 11.5 Å². The van der Waals surface area contributed by atoms with E-state index >= 15 is 0 Å². The highest BCUT2D eigenvalue weighted by molar-refractivity contribution is 7.22. The lowest BCUT2D eigenvalue weighted by Crippen LogP contribution is -2.36. The Labute approximate surface area is 191 Å². The van der Waals surface area contributed by atoms with Gasteiger partial charge >= 0.3 is 11.1 Å². The van der Waals surface area contributed by atoms with E-state index in [1.54, 1.807) is 25.1 Å². The molecular weight excluding hydrogens is 440 g/mol. The van der Waals surface area contributed by atoms with E-state index in [0.29, 0.717) is 34.0 Å². The fourth-order valence-corrected chi connectivity index (χ4v) is 4.44. The van der Waals surface area contributed by atoms with Crippen molar-refractivity contribution in [2.45, 2.75) is 13.5 Å². The molecule has 0 fully saturated rings. The summed E-state index contributed by atoms with van der Waals surface area (Å²) in [5, 5.41) is 3.25. The summed E-state index contributed by atoms with van der Waals surface area (Å²) in [6.07, 6.45) is 0. The second kappa shape index (κ2) is 8.36. The van der Waals surface area contributed by atoms with Crippen molar-refractivity contribution in [2.75, 3.05) is 5.32 Å². The van der Waals surface area contributed by atoms with Crippen molar-refractivity contribution >= 4 is 43.6 Å². The Balaban J connectivity index is 1.40. The number of aromatic amines is 1. The summed E-state index contributed by atoms with van der Waals surface area (Å²) >= 11 is 1.33. The number of fused-ring (bicyclic) bond motifs is 2. The summed E-state index contributed by atoms with van der Waals surface area (Å²) in [7, 11) is 0. The maximum Gasteiger partial charge on any atom is 0.316 e. The predicted molar refractivity (Wildman–Crippen MR) is 129 cm³/mol. The number of aromatic nitrogens is 3. The molecule has 0 saturated heterocycles. The van der Waals surface area contributed by atoms with Crippen LogP contribution in [-0.2, 0) is 6.54 Å². The molecule has 164 valence electrons. The number of amides is 1. The predicted octanol–water partition coefficient (Wildman–Crippen LogP) is 4.36. The van der Waals surface area contributed by atoms with Crippen molar-refractivity contribution < 1.29 is 9.53 Å². The van der Waals surface area contributed by atoms with E-state index in [1.165, 1.54) is 15.9 Å². The zero-order chi connectivity index (χ0) is 22.9. The number of carbonyl (C=O) groups is 1. The standard InChI is InChI=1S/C24H18N4O4S/c1-2-28-19-11-8-14(12-18(19)25-22(30)23(28)31)21(29)27-24-26-17-10-9-16(13-20(17)33-24)32-15-6-4-3-5-7-15/h3-13H,2H2,1H3,(H,25,30)(H,26,27,29). The summed E-state index contributed by atoms with van der Waals surface area (Å²) in [4.78, 5) is 43.8. The molecule has 3 aromatic carbocycles. The second-order valence-corrected chi connectivity index (χ2v) is 8.28. The molecule has 0 aliphatic heterocycles. The third-order valence-corrected chi connectivity index (χ3v) is 6.05. The van der Waals surface area contributed by atoms with Crippen LogP contribution in [0.4, 0.5) is 5.13 Å². The quantitative estimate of drug-likeness (QED) is 0.381. The van der Waals surface area contributed by atoms with Crippen molar-refractivity contribution in [2.24, 2.45) is 0 Å². The van der Waals surface area contributed by atoms with Crippen molar-refractivity contribution in [3.05, 3.63) is 93.0 Å². The van der Waals surface area contributed by atoms with E-state index < -0.39 is 11.1 Å². The van der Waals surface area contributed by atoms with Crippen LogP contribution in [-0.4, -0.2) is 20.4 Å². The third kappa shape index (κ3) is 4.01. The van der Waals surface area contributed by atoms with E-state index in [2.05, 4.69) is 15.3 Å². The number of nitrogens with one attached hydrogen (secondary N) is 2. The maximum atomic E-state index is 12.8. The molecule has 0 aliphatic carbocycles. The largest absolute Gasteiger partial charge is 0.457 e. The minimum absolute atomic E-state index is 0.340. The smallest absolute Gasteiger partial charge is 0.316 e. The van der Waals surface area contributed by atoms with E-state index in [4.69, 9.17) is 4.74 Å². The second-order valence-electron chi connectivity index (χ2n) is 7.25. The van der Waals surface area contributed by atoms with Gasteiger partial charge in [0.25, 0.3) is 5.91 Å². The Bertz CT molecular complexity index is 1620. The number of carbonyl (C=O) groups excluding carboxylic acids is 1. The van der Waals surface area contributed by atoms with Gasteiger partial charge in [-0.15, -0.1) is 0 Å². The zero-order valence-corrected chi connectivity index (χ0v) is 18.3. The lowest BCUT2D eigenvalue weighted by molar-refractivity contribution is 0.102. The number of para-hydroxylation sites is 1. The van der Waals surface area contributed by atoms with Gasteiger partial charge in [0, 0.05) is 18.2 Å². The Kier molecular flexibility index (Phi) is 5.23. The Morgan fingerprint density at radius 1 is 1.06 bits per heavy atom. The highest BCUT2D eigenvalue weighted by Gasteiger charge is 2.13. The first-order chi connectivity index (χ1) is 16.0. The number of nitrogens with zero attached hydrogens (tertiary/aromatic N) is 2. The number of hydrogen-bond donors (Lipinski definition) is 2. The summed E-state index contributed by atoms with van der Waals surface area (Å²) in [6, 6.07) is 19.8. The van der Waals surface area contributed by atoms with Gasteiger partial charge in [0.05, 0.1) is 21.3 Å². The minimum Gasteiger partial charge on any atom is -0.457 e. The van der Waals surface area contributed by atoms with Gasteiger partial charge in [-0.2, -0.15) is 0 Å². The van der Waals surface area contributed by atoms with Crippen LogP contribution in [0.25, 0.3) is 21.3 Å². The molecule has 0 saturated carbocycles. The van der Waals surface area contributed by atoms with E-state index in [1.807, 2.05) is 48.5 Å².